The van der Waals surface area contributed by atoms with Crippen molar-refractivity contribution in [3.05, 3.63) is 149 Å². The molecule has 0 aliphatic heterocycles. The van der Waals surface area contributed by atoms with E-state index in [1.165, 1.54) is 56.9 Å². The molecule has 0 unspecified atom stereocenters. The van der Waals surface area contributed by atoms with Gasteiger partial charge in [0.1, 0.15) is 0 Å². The number of alkyl halides is 6. The van der Waals surface area contributed by atoms with E-state index in [9.17, 15) is 26.3 Å². The summed E-state index contributed by atoms with van der Waals surface area (Å²) in [6.07, 6.45) is 1.03. The van der Waals surface area contributed by atoms with Crippen LogP contribution in [0.5, 0.6) is 0 Å². The molecule has 5 aromatic rings. The third kappa shape index (κ3) is 11.3. The van der Waals surface area contributed by atoms with Crippen molar-refractivity contribution >= 4 is 49.6 Å². The van der Waals surface area contributed by atoms with Crippen molar-refractivity contribution in [3.63, 3.8) is 0 Å². The van der Waals surface area contributed by atoms with Gasteiger partial charge in [0, 0.05) is 0 Å². The van der Waals surface area contributed by atoms with Crippen LogP contribution in [0, 0.1) is 6.08 Å². The number of allylic oxidation sites excluding steroid dienone is 4. The van der Waals surface area contributed by atoms with Gasteiger partial charge in [0.2, 0.25) is 0 Å². The molecule has 0 nitrogen and oxygen atoms in total. The predicted molar refractivity (Wildman–Crippen MR) is 197 cm³/mol. The molecule has 0 bridgehead atoms. The Labute approximate surface area is 318 Å². The van der Waals surface area contributed by atoms with Crippen LogP contribution in [0.2, 0.25) is 0 Å². The van der Waals surface area contributed by atoms with Crippen LogP contribution in [0.25, 0.3) is 21.5 Å². The van der Waals surface area contributed by atoms with E-state index in [-0.39, 0.29) is 46.8 Å². The van der Waals surface area contributed by atoms with E-state index >= 15 is 0 Å². The summed E-state index contributed by atoms with van der Waals surface area (Å²) in [5.41, 5.74) is 2.10. The van der Waals surface area contributed by atoms with Crippen LogP contribution in [0.1, 0.15) is 81.3 Å². The molecular formula is C41H40Cl2F6Zr. The van der Waals surface area contributed by atoms with E-state index in [1.807, 2.05) is 12.2 Å². The van der Waals surface area contributed by atoms with E-state index < -0.39 is 23.5 Å². The van der Waals surface area contributed by atoms with Crippen LogP contribution in [0.3, 0.4) is 0 Å². The summed E-state index contributed by atoms with van der Waals surface area (Å²) in [6.45, 7) is 13.7. The van der Waals surface area contributed by atoms with Crippen molar-refractivity contribution in [2.24, 2.45) is 0 Å². The molecule has 0 atom stereocenters. The summed E-state index contributed by atoms with van der Waals surface area (Å²) < 4.78 is 76.7. The normalized spacial score (nSPS) is 12.8. The fraction of sp³-hybridized carbons (Fsp3) is 0.268. The van der Waals surface area contributed by atoms with Gasteiger partial charge in [-0.05, 0) is 10.8 Å². The van der Waals surface area contributed by atoms with Crippen LogP contribution in [-0.2, 0) is 47.4 Å². The minimum absolute atomic E-state index is 0. The second-order valence-corrected chi connectivity index (χ2v) is 15.0. The predicted octanol–water partition coefficient (Wildman–Crippen LogP) is 13.3. The van der Waals surface area contributed by atoms with Crippen molar-refractivity contribution in [1.29, 1.82) is 0 Å². The summed E-state index contributed by atoms with van der Waals surface area (Å²) in [5, 5.41) is 5.49. The average molecular weight is 809 g/mol. The molecule has 0 N–H and O–H groups in total. The second kappa shape index (κ2) is 17.1. The Morgan fingerprint density at radius 1 is 0.600 bits per heavy atom. The number of hydrogen-bond acceptors (Lipinski definition) is 0. The van der Waals surface area contributed by atoms with E-state index in [4.69, 9.17) is 0 Å². The first-order valence-corrected chi connectivity index (χ1v) is 16.8. The van der Waals surface area contributed by atoms with Gasteiger partial charge in [-0.2, -0.15) is 6.08 Å². The Morgan fingerprint density at radius 3 is 1.32 bits per heavy atom. The first kappa shape index (κ1) is 43.3. The smallest absolute Gasteiger partial charge is 0.109 e. The third-order valence-corrected chi connectivity index (χ3v) is 9.40. The number of fused-ring (bicyclic) bond motifs is 3. The number of halogens is 8. The van der Waals surface area contributed by atoms with Gasteiger partial charge < -0.3 is 0 Å². The molecule has 264 valence electrons. The molecule has 1 aliphatic carbocycles. The summed E-state index contributed by atoms with van der Waals surface area (Å²) in [6, 6.07) is 25.3. The van der Waals surface area contributed by atoms with E-state index in [1.54, 1.807) is 0 Å². The van der Waals surface area contributed by atoms with Gasteiger partial charge in [-0.3, -0.25) is 6.08 Å². The molecule has 5 aromatic carbocycles. The van der Waals surface area contributed by atoms with E-state index in [0.717, 1.165) is 54.9 Å². The first-order valence-electron chi connectivity index (χ1n) is 15.5. The fourth-order valence-corrected chi connectivity index (χ4v) is 5.90. The summed E-state index contributed by atoms with van der Waals surface area (Å²) in [4.78, 5) is 0. The average Bonchev–Trinajstić information content (AvgIpc) is 3.71. The minimum Gasteiger partial charge on any atom is -0.273 e. The summed E-state index contributed by atoms with van der Waals surface area (Å²) >= 11 is 0.729. The quantitative estimate of drug-likeness (QED) is 0.123. The Kier molecular flexibility index (Phi) is 14.8. The molecule has 0 aromatic heterocycles. The zero-order valence-corrected chi connectivity index (χ0v) is 32.8. The zero-order valence-electron chi connectivity index (χ0n) is 28.7. The van der Waals surface area contributed by atoms with Crippen molar-refractivity contribution in [2.45, 2.75) is 71.1 Å². The van der Waals surface area contributed by atoms with Gasteiger partial charge in [-0.25, -0.2) is 12.2 Å². The monoisotopic (exact) mass is 806 g/mol. The molecule has 0 saturated carbocycles. The number of benzene rings is 4. The number of rotatable bonds is 2. The van der Waals surface area contributed by atoms with Gasteiger partial charge >= 0.3 is 137 Å². The molecule has 0 radical (unpaired) electrons. The molecular weight excluding hydrogens is 769 g/mol. The Balaban J connectivity index is 0.000000293. The Bertz CT molecular complexity index is 1830. The van der Waals surface area contributed by atoms with Crippen molar-refractivity contribution in [3.8, 4) is 0 Å². The number of hydrogen-bond donors (Lipinski definition) is 0. The van der Waals surface area contributed by atoms with Crippen molar-refractivity contribution < 1.29 is 50.6 Å². The van der Waals surface area contributed by atoms with Gasteiger partial charge in [0.25, 0.3) is 0 Å². The molecule has 50 heavy (non-hydrogen) atoms. The molecule has 6 rings (SSSR count). The SMILES string of the molecule is CC(C)(C)c1ccc2[cH-]c3ccc(C(C)(C)C)cc3c2c1.Cl.Cl.FC(F)(F)c1cccc([C](=[Zr+2])c2cccc(C(F)(F)F)c2)c1.[C-]1=CC=CC1. The molecule has 0 heterocycles. The van der Waals surface area contributed by atoms with E-state index in [0.29, 0.717) is 3.21 Å². The van der Waals surface area contributed by atoms with Crippen LogP contribution in [-0.4, -0.2) is 3.21 Å². The Hall–Kier alpha value is -2.86. The van der Waals surface area contributed by atoms with Crippen LogP contribution in [0.15, 0.2) is 109 Å². The van der Waals surface area contributed by atoms with Crippen molar-refractivity contribution in [1.82, 2.24) is 0 Å². The van der Waals surface area contributed by atoms with Gasteiger partial charge in [-0.15, -0.1) is 71.0 Å². The first-order chi connectivity index (χ1) is 22.2. The Morgan fingerprint density at radius 2 is 1.02 bits per heavy atom. The molecule has 0 spiro atoms. The maximum atomic E-state index is 12.7. The largest absolute Gasteiger partial charge is 0.273 e. The molecule has 0 fully saturated rings. The second-order valence-electron chi connectivity index (χ2n) is 13.8. The van der Waals surface area contributed by atoms with Crippen molar-refractivity contribution in [2.75, 3.05) is 0 Å². The topological polar surface area (TPSA) is 0 Å². The molecule has 0 amide bonds. The van der Waals surface area contributed by atoms with Gasteiger partial charge in [-0.1, -0.05) is 76.9 Å². The molecule has 1 aliphatic rings. The molecule has 0 saturated heterocycles. The maximum Gasteiger partial charge on any atom is -0.109 e. The minimum atomic E-state index is -4.49. The van der Waals surface area contributed by atoms with Crippen LogP contribution < -0.4 is 0 Å². The third-order valence-electron chi connectivity index (χ3n) is 7.98. The van der Waals surface area contributed by atoms with Gasteiger partial charge in [0.05, 0.1) is 0 Å². The molecule has 9 heteroatoms. The maximum absolute atomic E-state index is 12.7. The van der Waals surface area contributed by atoms with Crippen LogP contribution >= 0.6 is 24.8 Å². The van der Waals surface area contributed by atoms with Gasteiger partial charge in [0.15, 0.2) is 0 Å². The fourth-order valence-electron chi connectivity index (χ4n) is 5.14. The summed E-state index contributed by atoms with van der Waals surface area (Å²) in [5.74, 6) is 0. The van der Waals surface area contributed by atoms with Crippen LogP contribution in [0.4, 0.5) is 26.3 Å². The zero-order chi connectivity index (χ0) is 35.5. The standard InChI is InChI=1S/C21H25.C15H8F6.C5H5.2ClH.Zr/c1-20(2,3)16-9-7-14-11-15-8-10-17(21(4,5)6)13-19(15)18(14)12-16;16-14(17,18)12-5-1-3-10(8-12)7-11-4-2-6-13(9-11)15(19,20)21;1-2-4-5-3-1;;;/h7-13H,1-6H3;1-6,8-9H;1-3H,4H2;2*1H;/q-1;;-1;;;+2. The van der Waals surface area contributed by atoms with E-state index in [2.05, 4.69) is 96.2 Å². The summed E-state index contributed by atoms with van der Waals surface area (Å²) in [7, 11) is 0.